The number of urea groups is 1. The van der Waals surface area contributed by atoms with Gasteiger partial charge in [-0.2, -0.15) is 10.5 Å². The summed E-state index contributed by atoms with van der Waals surface area (Å²) in [6.07, 6.45) is 3.34. The lowest BCUT2D eigenvalue weighted by Crippen LogP contribution is -2.44. The van der Waals surface area contributed by atoms with E-state index in [1.54, 1.807) is 54.7 Å². The molecule has 0 aliphatic carbocycles. The molecule has 6 rings (SSSR count). The molecule has 1 aliphatic heterocycles. The molecule has 0 saturated carbocycles. The second-order valence-electron chi connectivity index (χ2n) is 10.5. The lowest BCUT2D eigenvalue weighted by atomic mass is 9.86. The molecule has 8 nitrogen and oxygen atoms in total. The Labute approximate surface area is 243 Å². The Hall–Kier alpha value is -5.73. The molecule has 1 fully saturated rings. The van der Waals surface area contributed by atoms with E-state index in [1.165, 1.54) is 4.90 Å². The largest absolute Gasteiger partial charge is 0.328 e. The number of hydrogen-bond acceptors (Lipinski definition) is 5. The van der Waals surface area contributed by atoms with Crippen LogP contribution in [-0.4, -0.2) is 31.3 Å². The van der Waals surface area contributed by atoms with E-state index in [0.717, 1.165) is 27.5 Å². The van der Waals surface area contributed by atoms with Crippen molar-refractivity contribution in [1.29, 1.82) is 10.5 Å². The van der Waals surface area contributed by atoms with Crippen LogP contribution in [0.1, 0.15) is 40.4 Å². The average Bonchev–Trinajstić information content (AvgIpc) is 3.54. The van der Waals surface area contributed by atoms with Crippen molar-refractivity contribution in [3.63, 3.8) is 0 Å². The highest BCUT2D eigenvalue weighted by atomic mass is 16.2. The van der Waals surface area contributed by atoms with E-state index < -0.39 is 11.6 Å². The van der Waals surface area contributed by atoms with Crippen LogP contribution < -0.4 is 0 Å². The average molecular weight is 551 g/mol. The van der Waals surface area contributed by atoms with Gasteiger partial charge in [-0.15, -0.1) is 0 Å². The molecule has 3 amide bonds. The molecule has 204 valence electrons. The van der Waals surface area contributed by atoms with Gasteiger partial charge in [-0.05, 0) is 58.7 Å². The summed E-state index contributed by atoms with van der Waals surface area (Å²) in [4.78, 5) is 35.8. The Kier molecular flexibility index (Phi) is 6.74. The van der Waals surface area contributed by atoms with Crippen molar-refractivity contribution in [1.82, 2.24) is 19.4 Å². The molecule has 0 radical (unpaired) electrons. The van der Waals surface area contributed by atoms with Gasteiger partial charge < -0.3 is 9.47 Å². The van der Waals surface area contributed by atoms with Crippen LogP contribution in [0.4, 0.5) is 4.79 Å². The van der Waals surface area contributed by atoms with Crippen molar-refractivity contribution in [3.8, 4) is 12.1 Å². The van der Waals surface area contributed by atoms with Gasteiger partial charge in [-0.3, -0.25) is 9.69 Å². The maximum absolute atomic E-state index is 14.4. The van der Waals surface area contributed by atoms with Gasteiger partial charge >= 0.3 is 6.03 Å². The van der Waals surface area contributed by atoms with Crippen LogP contribution >= 0.6 is 0 Å². The number of carbonyl (C=O) groups is 2. The SMILES string of the molecule is CC1(c2cccc3ccccc23)C(=O)N(Cc2cncn2Cc2ccc(C#N)cc2)C(=O)N1Cc1cccc(C#N)c1. The number of carbonyl (C=O) groups excluding carboxylic acids is 2. The molecule has 0 N–H and O–H groups in total. The van der Waals surface area contributed by atoms with Crippen LogP contribution in [0.2, 0.25) is 0 Å². The fourth-order valence-corrected chi connectivity index (χ4v) is 5.67. The number of amides is 3. The summed E-state index contributed by atoms with van der Waals surface area (Å²) in [6.45, 7) is 2.48. The fraction of sp³-hybridized carbons (Fsp3) is 0.147. The number of rotatable bonds is 7. The molecule has 8 heteroatoms. The first-order valence-corrected chi connectivity index (χ1v) is 13.5. The van der Waals surface area contributed by atoms with E-state index in [0.29, 0.717) is 23.4 Å². The van der Waals surface area contributed by atoms with Gasteiger partial charge in [0.05, 0.1) is 41.8 Å². The van der Waals surface area contributed by atoms with E-state index in [4.69, 9.17) is 5.26 Å². The second-order valence-corrected chi connectivity index (χ2v) is 10.5. The summed E-state index contributed by atoms with van der Waals surface area (Å²) in [5.74, 6) is -0.327. The number of nitrogens with zero attached hydrogens (tertiary/aromatic N) is 6. The number of nitriles is 2. The minimum atomic E-state index is -1.29. The molecule has 5 aromatic rings. The topological polar surface area (TPSA) is 106 Å². The third-order valence-electron chi connectivity index (χ3n) is 7.93. The Morgan fingerprint density at radius 1 is 0.786 bits per heavy atom. The van der Waals surface area contributed by atoms with Crippen molar-refractivity contribution in [2.45, 2.75) is 32.1 Å². The zero-order valence-electron chi connectivity index (χ0n) is 22.9. The van der Waals surface area contributed by atoms with Gasteiger partial charge in [0.2, 0.25) is 0 Å². The zero-order valence-corrected chi connectivity index (χ0v) is 22.9. The number of imidazole rings is 1. The smallest absolute Gasteiger partial charge is 0.328 e. The Balaban J connectivity index is 1.39. The van der Waals surface area contributed by atoms with Crippen molar-refractivity contribution in [3.05, 3.63) is 137 Å². The molecule has 2 heterocycles. The van der Waals surface area contributed by atoms with E-state index in [9.17, 15) is 14.9 Å². The zero-order chi connectivity index (χ0) is 29.3. The first kappa shape index (κ1) is 26.5. The van der Waals surface area contributed by atoms with Crippen LogP contribution in [0.15, 0.2) is 104 Å². The lowest BCUT2D eigenvalue weighted by molar-refractivity contribution is -0.133. The van der Waals surface area contributed by atoms with E-state index in [-0.39, 0.29) is 19.0 Å². The standard InChI is InChI=1S/C34H26N6O2/c1-34(31-11-5-9-28-8-2-3-10-30(28)31)32(41)39(33(42)40(34)21-27-7-4-6-26(16-27)18-36)22-29-19-37-23-38(29)20-25-14-12-24(17-35)13-15-25/h2-16,19,23H,20-22H2,1H3. The third-order valence-corrected chi connectivity index (χ3v) is 7.93. The Bertz CT molecular complexity index is 1910. The summed E-state index contributed by atoms with van der Waals surface area (Å²) >= 11 is 0. The monoisotopic (exact) mass is 550 g/mol. The summed E-state index contributed by atoms with van der Waals surface area (Å²) in [5.41, 5.74) is 2.94. The van der Waals surface area contributed by atoms with Gasteiger partial charge in [0.15, 0.2) is 0 Å². The van der Waals surface area contributed by atoms with Crippen molar-refractivity contribution >= 4 is 22.7 Å². The molecule has 0 spiro atoms. The molecule has 1 atom stereocenters. The van der Waals surface area contributed by atoms with Crippen LogP contribution in [0.5, 0.6) is 0 Å². The normalized spacial score (nSPS) is 16.5. The highest BCUT2D eigenvalue weighted by Gasteiger charge is 2.55. The number of imide groups is 1. The van der Waals surface area contributed by atoms with E-state index in [2.05, 4.69) is 17.1 Å². The Morgan fingerprint density at radius 3 is 2.31 bits per heavy atom. The maximum Gasteiger partial charge on any atom is 0.328 e. The highest BCUT2D eigenvalue weighted by molar-refractivity contribution is 6.09. The van der Waals surface area contributed by atoms with Crippen molar-refractivity contribution in [2.75, 3.05) is 0 Å². The molecule has 1 aliphatic rings. The summed E-state index contributed by atoms with van der Waals surface area (Å²) in [6, 6.07) is 31.9. The van der Waals surface area contributed by atoms with Gasteiger partial charge in [0, 0.05) is 19.3 Å². The van der Waals surface area contributed by atoms with Crippen LogP contribution in [0.25, 0.3) is 10.8 Å². The van der Waals surface area contributed by atoms with Gasteiger partial charge in [-0.25, -0.2) is 9.78 Å². The molecule has 4 aromatic carbocycles. The molecule has 1 unspecified atom stereocenters. The van der Waals surface area contributed by atoms with E-state index in [1.807, 2.05) is 65.2 Å². The summed E-state index contributed by atoms with van der Waals surface area (Å²) in [7, 11) is 0. The van der Waals surface area contributed by atoms with Crippen molar-refractivity contribution < 1.29 is 9.59 Å². The highest BCUT2D eigenvalue weighted by Crippen LogP contribution is 2.42. The fourth-order valence-electron chi connectivity index (χ4n) is 5.67. The molecular formula is C34H26N6O2. The molecular weight excluding hydrogens is 524 g/mol. The summed E-state index contributed by atoms with van der Waals surface area (Å²) in [5, 5.41) is 20.4. The number of hydrogen-bond donors (Lipinski definition) is 0. The number of aromatic nitrogens is 2. The third kappa shape index (κ3) is 4.55. The van der Waals surface area contributed by atoms with Crippen LogP contribution in [0.3, 0.4) is 0 Å². The Morgan fingerprint density at radius 2 is 1.52 bits per heavy atom. The number of fused-ring (bicyclic) bond motifs is 1. The molecule has 1 saturated heterocycles. The minimum Gasteiger partial charge on any atom is -0.328 e. The van der Waals surface area contributed by atoms with E-state index >= 15 is 0 Å². The van der Waals surface area contributed by atoms with Crippen LogP contribution in [0, 0.1) is 22.7 Å². The molecule has 1 aromatic heterocycles. The summed E-state index contributed by atoms with van der Waals surface area (Å²) < 4.78 is 1.90. The quantitative estimate of drug-likeness (QED) is 0.241. The predicted octanol–water partition coefficient (Wildman–Crippen LogP) is 5.71. The molecule has 42 heavy (non-hydrogen) atoms. The first-order valence-electron chi connectivity index (χ1n) is 13.5. The van der Waals surface area contributed by atoms with Crippen LogP contribution in [-0.2, 0) is 30.0 Å². The van der Waals surface area contributed by atoms with Gasteiger partial charge in [0.1, 0.15) is 5.54 Å². The molecule has 0 bridgehead atoms. The maximum atomic E-state index is 14.4. The van der Waals surface area contributed by atoms with Crippen molar-refractivity contribution in [2.24, 2.45) is 0 Å². The first-order chi connectivity index (χ1) is 20.4. The lowest BCUT2D eigenvalue weighted by Gasteiger charge is -2.33. The van der Waals surface area contributed by atoms with Gasteiger partial charge in [-0.1, -0.05) is 66.7 Å². The minimum absolute atomic E-state index is 0.0447. The number of benzene rings is 4. The second kappa shape index (κ2) is 10.7. The predicted molar refractivity (Wildman–Crippen MR) is 156 cm³/mol. The van der Waals surface area contributed by atoms with Gasteiger partial charge in [0.25, 0.3) is 5.91 Å².